The summed E-state index contributed by atoms with van der Waals surface area (Å²) in [5, 5.41) is 2.74. The van der Waals surface area contributed by atoms with E-state index in [4.69, 9.17) is 4.74 Å². The summed E-state index contributed by atoms with van der Waals surface area (Å²) < 4.78 is 62.1. The zero-order valence-electron chi connectivity index (χ0n) is 16.2. The summed E-state index contributed by atoms with van der Waals surface area (Å²) >= 11 is 0. The highest BCUT2D eigenvalue weighted by atomic mass is 19.4. The number of pyridine rings is 2. The molecule has 0 bridgehead atoms. The van der Waals surface area contributed by atoms with Gasteiger partial charge in [0.2, 0.25) is 5.56 Å². The van der Waals surface area contributed by atoms with Crippen LogP contribution in [0.4, 0.5) is 17.6 Å². The number of rotatable bonds is 4. The first-order valence-corrected chi connectivity index (χ1v) is 9.33. The van der Waals surface area contributed by atoms with Crippen LogP contribution in [-0.2, 0) is 5.54 Å². The molecule has 2 aromatic heterocycles. The number of halogens is 4. The predicted molar refractivity (Wildman–Crippen MR) is 103 cm³/mol. The lowest BCUT2D eigenvalue weighted by Crippen LogP contribution is -2.51. The van der Waals surface area contributed by atoms with E-state index in [0.29, 0.717) is 6.07 Å². The van der Waals surface area contributed by atoms with Gasteiger partial charge in [0.1, 0.15) is 28.5 Å². The highest BCUT2D eigenvalue weighted by molar-refractivity contribution is 5.94. The van der Waals surface area contributed by atoms with Crippen molar-refractivity contribution in [2.24, 2.45) is 0 Å². The molecule has 0 spiro atoms. The first-order valence-electron chi connectivity index (χ1n) is 9.33. The van der Waals surface area contributed by atoms with Crippen LogP contribution in [0.15, 0.2) is 59.7 Å². The number of H-pyrrole nitrogens is 1. The van der Waals surface area contributed by atoms with Crippen molar-refractivity contribution >= 4 is 5.91 Å². The molecule has 0 saturated heterocycles. The summed E-state index contributed by atoms with van der Waals surface area (Å²) in [4.78, 5) is 30.9. The zero-order chi connectivity index (χ0) is 22.9. The van der Waals surface area contributed by atoms with Crippen molar-refractivity contribution in [3.05, 3.63) is 87.9 Å². The van der Waals surface area contributed by atoms with Crippen LogP contribution >= 0.6 is 0 Å². The number of aromatic nitrogens is 2. The third kappa shape index (κ3) is 4.13. The Bertz CT molecular complexity index is 1210. The molecule has 0 radical (unpaired) electrons. The Morgan fingerprint density at radius 2 is 2.03 bits per heavy atom. The molecule has 1 aliphatic heterocycles. The molecule has 1 atom stereocenters. The van der Waals surface area contributed by atoms with Crippen molar-refractivity contribution in [1.82, 2.24) is 15.3 Å². The van der Waals surface area contributed by atoms with Gasteiger partial charge in [-0.2, -0.15) is 0 Å². The monoisotopic (exact) mass is 449 g/mol. The molecule has 1 aromatic carbocycles. The number of aromatic amines is 1. The quantitative estimate of drug-likeness (QED) is 0.597. The predicted octanol–water partition coefficient (Wildman–Crippen LogP) is 3.26. The van der Waals surface area contributed by atoms with Crippen LogP contribution in [0.1, 0.15) is 28.0 Å². The molecule has 166 valence electrons. The molecule has 2 N–H and O–H groups in total. The van der Waals surface area contributed by atoms with E-state index >= 15 is 4.39 Å². The van der Waals surface area contributed by atoms with Gasteiger partial charge in [0, 0.05) is 36.5 Å². The van der Waals surface area contributed by atoms with Crippen molar-refractivity contribution in [3.63, 3.8) is 0 Å². The van der Waals surface area contributed by atoms with Gasteiger partial charge in [-0.25, -0.2) is 4.39 Å². The number of nitrogens with one attached hydrogen (secondary N) is 2. The Labute approximate surface area is 178 Å². The van der Waals surface area contributed by atoms with Crippen LogP contribution in [0.5, 0.6) is 11.5 Å². The molecule has 3 aromatic rings. The van der Waals surface area contributed by atoms with Crippen LogP contribution < -0.4 is 20.3 Å². The molecule has 0 aliphatic carbocycles. The number of hydrogen-bond acceptors (Lipinski definition) is 5. The molecule has 7 nitrogen and oxygen atoms in total. The molecular formula is C21H15F4N3O4. The maximum atomic E-state index is 15.1. The lowest BCUT2D eigenvalue weighted by atomic mass is 9.80. The van der Waals surface area contributed by atoms with Gasteiger partial charge in [0.05, 0.1) is 12.2 Å². The Morgan fingerprint density at radius 1 is 1.22 bits per heavy atom. The molecule has 1 aliphatic rings. The lowest BCUT2D eigenvalue weighted by Gasteiger charge is -2.39. The van der Waals surface area contributed by atoms with E-state index in [1.807, 2.05) is 0 Å². The second-order valence-corrected chi connectivity index (χ2v) is 6.94. The Morgan fingerprint density at radius 3 is 2.72 bits per heavy atom. The standard InChI is InChI=1S/C21H15F4N3O4/c22-15-10-13(32-21(23,24)25)4-5-14(15)20(7-9-31-16-2-1-8-26-18(16)20)28-19(30)12-3-6-17(29)27-11-12/h1-6,8,10-11H,7,9H2,(H,27,29)(H,28,30). The molecule has 3 heterocycles. The third-order valence-corrected chi connectivity index (χ3v) is 4.92. The van der Waals surface area contributed by atoms with E-state index in [-0.39, 0.29) is 35.6 Å². The summed E-state index contributed by atoms with van der Waals surface area (Å²) in [7, 11) is 0. The minimum absolute atomic E-state index is 0.0441. The summed E-state index contributed by atoms with van der Waals surface area (Å²) in [6, 6.07) is 8.27. The van der Waals surface area contributed by atoms with Crippen molar-refractivity contribution < 1.29 is 31.8 Å². The number of carbonyl (C=O) groups excluding carboxylic acids is 1. The van der Waals surface area contributed by atoms with Crippen LogP contribution in [0, 0.1) is 5.82 Å². The smallest absolute Gasteiger partial charge is 0.491 e. The normalized spacial score (nSPS) is 17.8. The second-order valence-electron chi connectivity index (χ2n) is 6.94. The molecular weight excluding hydrogens is 434 g/mol. The van der Waals surface area contributed by atoms with E-state index in [1.165, 1.54) is 18.5 Å². The number of hydrogen-bond donors (Lipinski definition) is 2. The summed E-state index contributed by atoms with van der Waals surface area (Å²) in [5.74, 6) is -2.15. The molecule has 1 unspecified atom stereocenters. The average Bonchev–Trinajstić information content (AvgIpc) is 2.73. The Balaban J connectivity index is 1.82. The van der Waals surface area contributed by atoms with Gasteiger partial charge in [-0.3, -0.25) is 14.6 Å². The van der Waals surface area contributed by atoms with Gasteiger partial charge < -0.3 is 19.8 Å². The maximum absolute atomic E-state index is 15.1. The molecule has 1 amide bonds. The molecule has 4 rings (SSSR count). The van der Waals surface area contributed by atoms with Gasteiger partial charge >= 0.3 is 6.36 Å². The number of fused-ring (bicyclic) bond motifs is 1. The Hall–Kier alpha value is -3.89. The first kappa shape index (κ1) is 21.3. The SMILES string of the molecule is O=C(NC1(c2ccc(OC(F)(F)F)cc2F)CCOc2cccnc21)c1ccc(=O)[nH]c1. The lowest BCUT2D eigenvalue weighted by molar-refractivity contribution is -0.274. The summed E-state index contributed by atoms with van der Waals surface area (Å²) in [6.07, 6.45) is -2.33. The van der Waals surface area contributed by atoms with Gasteiger partial charge in [-0.1, -0.05) is 0 Å². The van der Waals surface area contributed by atoms with Crippen LogP contribution in [0.25, 0.3) is 0 Å². The van der Waals surface area contributed by atoms with E-state index < -0.39 is 34.9 Å². The fraction of sp³-hybridized carbons (Fsp3) is 0.190. The van der Waals surface area contributed by atoms with Crippen LogP contribution in [0.3, 0.4) is 0 Å². The number of carbonyl (C=O) groups is 1. The van der Waals surface area contributed by atoms with Crippen LogP contribution in [0.2, 0.25) is 0 Å². The maximum Gasteiger partial charge on any atom is 0.573 e. The van der Waals surface area contributed by atoms with Crippen molar-refractivity contribution in [1.29, 1.82) is 0 Å². The van der Waals surface area contributed by atoms with Crippen LogP contribution in [-0.4, -0.2) is 28.8 Å². The zero-order valence-corrected chi connectivity index (χ0v) is 16.2. The minimum Gasteiger partial charge on any atom is -0.491 e. The fourth-order valence-corrected chi connectivity index (χ4v) is 3.57. The topological polar surface area (TPSA) is 93.3 Å². The third-order valence-electron chi connectivity index (χ3n) is 4.92. The van der Waals surface area contributed by atoms with E-state index in [9.17, 15) is 22.8 Å². The van der Waals surface area contributed by atoms with E-state index in [0.717, 1.165) is 18.2 Å². The number of benzene rings is 1. The second kappa shape index (κ2) is 7.98. The van der Waals surface area contributed by atoms with E-state index in [2.05, 4.69) is 20.0 Å². The molecule has 0 fully saturated rings. The fourth-order valence-electron chi connectivity index (χ4n) is 3.57. The highest BCUT2D eigenvalue weighted by Crippen LogP contribution is 2.42. The summed E-state index contributed by atoms with van der Waals surface area (Å²) in [5.41, 5.74) is -1.81. The summed E-state index contributed by atoms with van der Waals surface area (Å²) in [6.45, 7) is 0.0742. The molecule has 11 heteroatoms. The minimum atomic E-state index is -4.99. The highest BCUT2D eigenvalue weighted by Gasteiger charge is 2.44. The Kier molecular flexibility index (Phi) is 5.33. The largest absolute Gasteiger partial charge is 0.573 e. The number of ether oxygens (including phenoxy) is 2. The molecule has 0 saturated carbocycles. The van der Waals surface area contributed by atoms with Gasteiger partial charge in [0.15, 0.2) is 0 Å². The van der Waals surface area contributed by atoms with E-state index in [1.54, 1.807) is 12.1 Å². The molecule has 32 heavy (non-hydrogen) atoms. The van der Waals surface area contributed by atoms with Gasteiger partial charge in [-0.05, 0) is 30.3 Å². The number of alkyl halides is 3. The number of nitrogens with zero attached hydrogens (tertiary/aromatic N) is 1. The van der Waals surface area contributed by atoms with Crippen molar-refractivity contribution in [2.75, 3.05) is 6.61 Å². The number of amides is 1. The van der Waals surface area contributed by atoms with Crippen molar-refractivity contribution in [2.45, 2.75) is 18.3 Å². The van der Waals surface area contributed by atoms with Gasteiger partial charge in [-0.15, -0.1) is 13.2 Å². The average molecular weight is 449 g/mol. The van der Waals surface area contributed by atoms with Crippen molar-refractivity contribution in [3.8, 4) is 11.5 Å². The van der Waals surface area contributed by atoms with Gasteiger partial charge in [0.25, 0.3) is 5.91 Å². The first-order chi connectivity index (χ1) is 15.2.